The molecule has 144 valence electrons. The number of fused-ring (bicyclic) bond motifs is 3. The number of hydrogen-bond donors (Lipinski definition) is 0. The number of carbonyl (C=O) groups is 1. The van der Waals surface area contributed by atoms with Gasteiger partial charge in [0.1, 0.15) is 23.7 Å². The predicted molar refractivity (Wildman–Crippen MR) is 100 cm³/mol. The number of nitrogens with zero attached hydrogens (tertiary/aromatic N) is 2. The maximum atomic E-state index is 13.7. The number of rotatable bonds is 5. The number of hydrogen-bond acceptors (Lipinski definition) is 5. The van der Waals surface area contributed by atoms with Crippen LogP contribution >= 0.6 is 0 Å². The van der Waals surface area contributed by atoms with Crippen molar-refractivity contribution in [3.8, 4) is 5.75 Å². The van der Waals surface area contributed by atoms with Crippen molar-refractivity contribution in [2.45, 2.75) is 63.8 Å². The zero-order chi connectivity index (χ0) is 19.0. The molecule has 4 rings (SSSR count). The molecule has 2 bridgehead atoms. The third-order valence-electron chi connectivity index (χ3n) is 5.78. The molecule has 3 heterocycles. The molecule has 5 nitrogen and oxygen atoms in total. The Kier molecular flexibility index (Phi) is 5.00. The van der Waals surface area contributed by atoms with Crippen molar-refractivity contribution in [1.82, 2.24) is 9.88 Å². The highest BCUT2D eigenvalue weighted by molar-refractivity contribution is 5.84. The van der Waals surface area contributed by atoms with Crippen LogP contribution in [0.5, 0.6) is 5.75 Å². The molecule has 0 radical (unpaired) electrons. The monoisotopic (exact) mass is 372 g/mol. The van der Waals surface area contributed by atoms with Crippen molar-refractivity contribution >= 4 is 16.9 Å². The minimum atomic E-state index is -0.293. The zero-order valence-electron chi connectivity index (χ0n) is 15.7. The molecule has 1 aromatic heterocycles. The summed E-state index contributed by atoms with van der Waals surface area (Å²) in [6.45, 7) is 4.18. The minimum Gasteiger partial charge on any atom is -0.490 e. The highest BCUT2D eigenvalue weighted by Crippen LogP contribution is 2.39. The third kappa shape index (κ3) is 3.50. The van der Waals surface area contributed by atoms with E-state index in [0.717, 1.165) is 31.2 Å². The van der Waals surface area contributed by atoms with Gasteiger partial charge in [-0.1, -0.05) is 0 Å². The van der Waals surface area contributed by atoms with Gasteiger partial charge in [0.25, 0.3) is 0 Å². The summed E-state index contributed by atoms with van der Waals surface area (Å²) in [7, 11) is 0. The lowest BCUT2D eigenvalue weighted by molar-refractivity contribution is -0.151. The number of benzene rings is 1. The van der Waals surface area contributed by atoms with E-state index in [4.69, 9.17) is 9.47 Å². The number of aromatic nitrogens is 1. The molecule has 0 saturated carbocycles. The van der Waals surface area contributed by atoms with Crippen molar-refractivity contribution in [1.29, 1.82) is 0 Å². The predicted octanol–water partition coefficient (Wildman–Crippen LogP) is 3.70. The van der Waals surface area contributed by atoms with Crippen molar-refractivity contribution in [2.75, 3.05) is 6.61 Å². The maximum absolute atomic E-state index is 13.7. The molecule has 0 spiro atoms. The van der Waals surface area contributed by atoms with Gasteiger partial charge in [-0.2, -0.15) is 0 Å². The summed E-state index contributed by atoms with van der Waals surface area (Å²) in [4.78, 5) is 18.8. The highest BCUT2D eigenvalue weighted by atomic mass is 19.1. The van der Waals surface area contributed by atoms with Gasteiger partial charge in [-0.15, -0.1) is 0 Å². The van der Waals surface area contributed by atoms with Gasteiger partial charge in [-0.05, 0) is 63.8 Å². The number of halogens is 1. The van der Waals surface area contributed by atoms with Gasteiger partial charge in [0, 0.05) is 23.7 Å². The average molecular weight is 372 g/mol. The molecule has 0 aliphatic carbocycles. The molecule has 3 unspecified atom stereocenters. The molecule has 2 aromatic rings. The van der Waals surface area contributed by atoms with Gasteiger partial charge in [-0.3, -0.25) is 14.7 Å². The fourth-order valence-corrected chi connectivity index (χ4v) is 4.65. The minimum absolute atomic E-state index is 0.0574. The van der Waals surface area contributed by atoms with E-state index in [9.17, 15) is 9.18 Å². The standard InChI is InChI=1S/C21H25FN2O3/c1-3-26-21(25)13(2)24-15-5-6-16(24)12-17(11-15)27-20-8-9-23-19-7-4-14(22)10-18(19)20/h4,7-10,13,15-17H,3,5-6,11-12H2,1-2H3. The normalized spacial score (nSPS) is 26.1. The first kappa shape index (κ1) is 18.2. The van der Waals surface area contributed by atoms with E-state index in [0.29, 0.717) is 29.8 Å². The zero-order valence-corrected chi connectivity index (χ0v) is 15.7. The second-order valence-corrected chi connectivity index (χ2v) is 7.44. The van der Waals surface area contributed by atoms with E-state index in [-0.39, 0.29) is 23.9 Å². The van der Waals surface area contributed by atoms with Crippen LogP contribution in [-0.4, -0.2) is 46.7 Å². The van der Waals surface area contributed by atoms with E-state index in [2.05, 4.69) is 9.88 Å². The first-order valence-corrected chi connectivity index (χ1v) is 9.71. The Hall–Kier alpha value is -2.21. The Balaban J connectivity index is 1.50. The molecule has 27 heavy (non-hydrogen) atoms. The summed E-state index contributed by atoms with van der Waals surface area (Å²) in [5, 5.41) is 0.701. The van der Waals surface area contributed by atoms with E-state index in [1.165, 1.54) is 12.1 Å². The average Bonchev–Trinajstić information content (AvgIpc) is 2.92. The van der Waals surface area contributed by atoms with Crippen molar-refractivity contribution in [3.05, 3.63) is 36.3 Å². The Morgan fingerprint density at radius 1 is 1.30 bits per heavy atom. The maximum Gasteiger partial charge on any atom is 0.323 e. The van der Waals surface area contributed by atoms with Gasteiger partial charge >= 0.3 is 5.97 Å². The molecular formula is C21H25FN2O3. The Bertz CT molecular complexity index is 829. The number of carbonyl (C=O) groups excluding carboxylic acids is 1. The van der Waals surface area contributed by atoms with Gasteiger partial charge < -0.3 is 9.47 Å². The first-order valence-electron chi connectivity index (χ1n) is 9.71. The quantitative estimate of drug-likeness (QED) is 0.749. The van der Waals surface area contributed by atoms with Gasteiger partial charge in [0.05, 0.1) is 12.1 Å². The van der Waals surface area contributed by atoms with Crippen molar-refractivity contribution in [3.63, 3.8) is 0 Å². The van der Waals surface area contributed by atoms with Crippen LogP contribution in [0.25, 0.3) is 10.9 Å². The van der Waals surface area contributed by atoms with Crippen LogP contribution in [0.2, 0.25) is 0 Å². The molecule has 0 amide bonds. The lowest BCUT2D eigenvalue weighted by Gasteiger charge is -2.41. The Morgan fingerprint density at radius 2 is 2.04 bits per heavy atom. The first-order chi connectivity index (χ1) is 13.1. The fraction of sp³-hybridized carbons (Fsp3) is 0.524. The van der Waals surface area contributed by atoms with E-state index >= 15 is 0 Å². The number of ether oxygens (including phenoxy) is 2. The summed E-state index contributed by atoms with van der Waals surface area (Å²) < 4.78 is 25.2. The summed E-state index contributed by atoms with van der Waals surface area (Å²) in [5.41, 5.74) is 0.727. The smallest absolute Gasteiger partial charge is 0.323 e. The molecule has 0 N–H and O–H groups in total. The number of piperidine rings is 1. The lowest BCUT2D eigenvalue weighted by atomic mass is 9.97. The van der Waals surface area contributed by atoms with Crippen LogP contribution in [0.4, 0.5) is 4.39 Å². The van der Waals surface area contributed by atoms with Gasteiger partial charge in [-0.25, -0.2) is 4.39 Å². The molecule has 6 heteroatoms. The molecule has 1 aromatic carbocycles. The summed E-state index contributed by atoms with van der Waals surface area (Å²) in [5.74, 6) is 0.235. The largest absolute Gasteiger partial charge is 0.490 e. The van der Waals surface area contributed by atoms with Crippen LogP contribution in [0.3, 0.4) is 0 Å². The van der Waals surface area contributed by atoms with E-state index in [1.807, 2.05) is 13.8 Å². The van der Waals surface area contributed by atoms with Crippen LogP contribution < -0.4 is 4.74 Å². The topological polar surface area (TPSA) is 51.7 Å². The Morgan fingerprint density at radius 3 is 2.74 bits per heavy atom. The molecule has 2 aliphatic heterocycles. The van der Waals surface area contributed by atoms with Crippen molar-refractivity contribution in [2.24, 2.45) is 0 Å². The summed E-state index contributed by atoms with van der Waals surface area (Å²) in [6, 6.07) is 6.77. The number of pyridine rings is 1. The van der Waals surface area contributed by atoms with E-state index in [1.54, 1.807) is 18.3 Å². The number of esters is 1. The highest BCUT2D eigenvalue weighted by Gasteiger charge is 2.45. The molecule has 3 atom stereocenters. The Labute approximate surface area is 158 Å². The molecule has 2 aliphatic rings. The fourth-order valence-electron chi connectivity index (χ4n) is 4.65. The van der Waals surface area contributed by atoms with Crippen LogP contribution in [0.1, 0.15) is 39.5 Å². The second kappa shape index (κ2) is 7.43. The van der Waals surface area contributed by atoms with Crippen LogP contribution in [0.15, 0.2) is 30.5 Å². The third-order valence-corrected chi connectivity index (χ3v) is 5.78. The van der Waals surface area contributed by atoms with Gasteiger partial charge in [0.2, 0.25) is 0 Å². The molecule has 2 saturated heterocycles. The summed E-state index contributed by atoms with van der Waals surface area (Å²) >= 11 is 0. The van der Waals surface area contributed by atoms with Crippen LogP contribution in [-0.2, 0) is 9.53 Å². The molecule has 2 fully saturated rings. The SMILES string of the molecule is CCOC(=O)C(C)N1C2CCC1CC(Oc1ccnc3ccc(F)cc13)C2. The lowest BCUT2D eigenvalue weighted by Crippen LogP contribution is -2.53. The van der Waals surface area contributed by atoms with Crippen molar-refractivity contribution < 1.29 is 18.7 Å². The second-order valence-electron chi connectivity index (χ2n) is 7.44. The van der Waals surface area contributed by atoms with E-state index < -0.39 is 0 Å². The van der Waals surface area contributed by atoms with Crippen LogP contribution in [0, 0.1) is 5.82 Å². The molecular weight excluding hydrogens is 347 g/mol. The summed E-state index contributed by atoms with van der Waals surface area (Å²) in [6.07, 6.45) is 5.61. The van der Waals surface area contributed by atoms with Gasteiger partial charge in [0.15, 0.2) is 0 Å².